The van der Waals surface area contributed by atoms with Crippen LogP contribution in [0.25, 0.3) is 0 Å². The summed E-state index contributed by atoms with van der Waals surface area (Å²) in [5.74, 6) is 0. The minimum absolute atomic E-state index is 0.0684. The molecule has 0 aliphatic rings. The molecule has 0 aromatic carbocycles. The summed E-state index contributed by atoms with van der Waals surface area (Å²) in [6, 6.07) is 0. The highest BCUT2D eigenvalue weighted by atomic mass is 16.5. The fraction of sp³-hybridized carbons (Fsp3) is 1.00. The van der Waals surface area contributed by atoms with Crippen LogP contribution in [0.1, 0.15) is 26.7 Å². The van der Waals surface area contributed by atoms with E-state index in [-0.39, 0.29) is 13.2 Å². The van der Waals surface area contributed by atoms with Gasteiger partial charge in [-0.05, 0) is 13.3 Å². The van der Waals surface area contributed by atoms with Crippen LogP contribution < -0.4 is 0 Å². The van der Waals surface area contributed by atoms with Crippen LogP contribution in [0.4, 0.5) is 0 Å². The van der Waals surface area contributed by atoms with Crippen molar-refractivity contribution in [2.75, 3.05) is 66.1 Å². The average Bonchev–Trinajstić information content (AvgIpc) is 2.47. The van der Waals surface area contributed by atoms with E-state index < -0.39 is 0 Å². The number of rotatable bonds is 14. The van der Waals surface area contributed by atoms with Crippen LogP contribution in [0.2, 0.25) is 0 Å². The molecule has 0 saturated carbocycles. The van der Waals surface area contributed by atoms with Crippen molar-refractivity contribution in [3.05, 3.63) is 0 Å². The Morgan fingerprint density at radius 1 is 0.600 bits per heavy atom. The third kappa shape index (κ3) is 26.3. The molecule has 0 atom stereocenters. The summed E-state index contributed by atoms with van der Waals surface area (Å²) in [7, 11) is 0. The maximum atomic E-state index is 8.35. The Morgan fingerprint density at radius 2 is 1.05 bits per heavy atom. The first kappa shape index (κ1) is 22.0. The molecular weight excluding hydrogens is 264 g/mol. The Labute approximate surface area is 123 Å². The highest BCUT2D eigenvalue weighted by Crippen LogP contribution is 1.85. The summed E-state index contributed by atoms with van der Waals surface area (Å²) >= 11 is 0. The Hall–Kier alpha value is -0.240. The van der Waals surface area contributed by atoms with Crippen LogP contribution >= 0.6 is 0 Å². The van der Waals surface area contributed by atoms with Crippen molar-refractivity contribution in [3.8, 4) is 0 Å². The molecule has 20 heavy (non-hydrogen) atoms. The minimum Gasteiger partial charge on any atom is -0.394 e. The lowest BCUT2D eigenvalue weighted by atomic mass is 10.4. The monoisotopic (exact) mass is 296 g/mol. The molecule has 0 fully saturated rings. The Balaban J connectivity index is 0. The van der Waals surface area contributed by atoms with E-state index in [1.807, 2.05) is 6.92 Å². The first-order chi connectivity index (χ1) is 9.83. The van der Waals surface area contributed by atoms with Gasteiger partial charge in [-0.25, -0.2) is 0 Å². The van der Waals surface area contributed by atoms with E-state index in [9.17, 15) is 0 Å². The summed E-state index contributed by atoms with van der Waals surface area (Å²) in [5, 5.41) is 16.6. The summed E-state index contributed by atoms with van der Waals surface area (Å²) in [4.78, 5) is 0. The molecule has 6 heteroatoms. The van der Waals surface area contributed by atoms with Crippen LogP contribution in [-0.2, 0) is 18.9 Å². The van der Waals surface area contributed by atoms with Gasteiger partial charge in [-0.3, -0.25) is 0 Å². The molecule has 0 saturated heterocycles. The second-order valence-corrected chi connectivity index (χ2v) is 3.83. The third-order valence-corrected chi connectivity index (χ3v) is 2.06. The standard InChI is InChI=1S/C8H18O4.C6H14O2/c1-2-10-5-6-12-8-7-11-4-3-9;1-2-3-5-8-6-4-7/h9H,2-8H2,1H3;7H,2-6H2,1H3. The second kappa shape index (κ2) is 23.8. The fourth-order valence-electron chi connectivity index (χ4n) is 1.06. The maximum Gasteiger partial charge on any atom is 0.0701 e. The zero-order valence-electron chi connectivity index (χ0n) is 13.0. The summed E-state index contributed by atoms with van der Waals surface area (Å²) in [6.45, 7) is 9.00. The molecule has 6 nitrogen and oxygen atoms in total. The van der Waals surface area contributed by atoms with Crippen molar-refractivity contribution < 1.29 is 29.2 Å². The zero-order valence-corrected chi connectivity index (χ0v) is 13.0. The van der Waals surface area contributed by atoms with Crippen LogP contribution in [0, 0.1) is 0 Å². The molecule has 0 aromatic heterocycles. The molecule has 124 valence electrons. The molecule has 0 spiro atoms. The maximum absolute atomic E-state index is 8.35. The van der Waals surface area contributed by atoms with Gasteiger partial charge >= 0.3 is 0 Å². The Kier molecular flexibility index (Phi) is 26.3. The smallest absolute Gasteiger partial charge is 0.0701 e. The molecule has 0 heterocycles. The van der Waals surface area contributed by atoms with E-state index in [0.29, 0.717) is 39.6 Å². The zero-order chi connectivity index (χ0) is 15.3. The molecule has 2 N–H and O–H groups in total. The Bertz CT molecular complexity index is 130. The minimum atomic E-state index is 0.0684. The predicted octanol–water partition coefficient (Wildman–Crippen LogP) is 0.844. The highest BCUT2D eigenvalue weighted by molar-refractivity contribution is 4.32. The van der Waals surface area contributed by atoms with E-state index in [4.69, 9.17) is 29.2 Å². The average molecular weight is 296 g/mol. The van der Waals surface area contributed by atoms with Crippen LogP contribution in [0.5, 0.6) is 0 Å². The first-order valence-electron chi connectivity index (χ1n) is 7.36. The molecule has 0 aromatic rings. The van der Waals surface area contributed by atoms with Crippen LogP contribution in [0.3, 0.4) is 0 Å². The topological polar surface area (TPSA) is 77.4 Å². The van der Waals surface area contributed by atoms with Crippen molar-refractivity contribution in [3.63, 3.8) is 0 Å². The van der Waals surface area contributed by atoms with Gasteiger partial charge in [0.15, 0.2) is 0 Å². The Morgan fingerprint density at radius 3 is 1.50 bits per heavy atom. The van der Waals surface area contributed by atoms with E-state index in [0.717, 1.165) is 26.1 Å². The lowest BCUT2D eigenvalue weighted by molar-refractivity contribution is 0.00965. The molecule has 0 radical (unpaired) electrons. The van der Waals surface area contributed by atoms with Crippen molar-refractivity contribution in [2.24, 2.45) is 0 Å². The summed E-state index contributed by atoms with van der Waals surface area (Å²) in [5.41, 5.74) is 0. The SMILES string of the molecule is CCCCOCCO.CCOCCOCCOCCO. The number of ether oxygens (including phenoxy) is 4. The second-order valence-electron chi connectivity index (χ2n) is 3.83. The van der Waals surface area contributed by atoms with E-state index in [1.165, 1.54) is 0 Å². The van der Waals surface area contributed by atoms with Gasteiger partial charge < -0.3 is 29.2 Å². The van der Waals surface area contributed by atoms with Crippen molar-refractivity contribution in [1.82, 2.24) is 0 Å². The third-order valence-electron chi connectivity index (χ3n) is 2.06. The van der Waals surface area contributed by atoms with Gasteiger partial charge in [-0.2, -0.15) is 0 Å². The number of aliphatic hydroxyl groups excluding tert-OH is 2. The summed E-state index contributed by atoms with van der Waals surface area (Å²) < 4.78 is 20.2. The number of unbranched alkanes of at least 4 members (excludes halogenated alkanes) is 1. The molecule has 0 aliphatic heterocycles. The number of hydrogen-bond donors (Lipinski definition) is 2. The molecule has 0 rings (SSSR count). The molecule has 0 bridgehead atoms. The number of aliphatic hydroxyl groups is 2. The molecule has 0 unspecified atom stereocenters. The summed E-state index contributed by atoms with van der Waals surface area (Å²) in [6.07, 6.45) is 2.26. The van der Waals surface area contributed by atoms with Gasteiger partial charge in [0.25, 0.3) is 0 Å². The van der Waals surface area contributed by atoms with Crippen molar-refractivity contribution in [2.45, 2.75) is 26.7 Å². The lowest BCUT2D eigenvalue weighted by Crippen LogP contribution is -2.10. The predicted molar refractivity (Wildman–Crippen MR) is 78.0 cm³/mol. The van der Waals surface area contributed by atoms with Crippen LogP contribution in [-0.4, -0.2) is 76.3 Å². The van der Waals surface area contributed by atoms with Gasteiger partial charge in [0.1, 0.15) is 0 Å². The van der Waals surface area contributed by atoms with Gasteiger partial charge in [-0.1, -0.05) is 13.3 Å². The van der Waals surface area contributed by atoms with Crippen LogP contribution in [0.15, 0.2) is 0 Å². The van der Waals surface area contributed by atoms with Gasteiger partial charge in [0.05, 0.1) is 52.9 Å². The lowest BCUT2D eigenvalue weighted by Gasteiger charge is -2.04. The largest absolute Gasteiger partial charge is 0.394 e. The molecule has 0 amide bonds. The quantitative estimate of drug-likeness (QED) is 0.463. The molecular formula is C14H32O6. The molecule has 0 aliphatic carbocycles. The van der Waals surface area contributed by atoms with Gasteiger partial charge in [-0.15, -0.1) is 0 Å². The van der Waals surface area contributed by atoms with E-state index >= 15 is 0 Å². The van der Waals surface area contributed by atoms with Gasteiger partial charge in [0.2, 0.25) is 0 Å². The highest BCUT2D eigenvalue weighted by Gasteiger charge is 1.88. The normalized spacial score (nSPS) is 10.2. The van der Waals surface area contributed by atoms with E-state index in [2.05, 4.69) is 6.92 Å². The fourth-order valence-corrected chi connectivity index (χ4v) is 1.06. The first-order valence-corrected chi connectivity index (χ1v) is 7.36. The number of hydrogen-bond acceptors (Lipinski definition) is 6. The van der Waals surface area contributed by atoms with Gasteiger partial charge in [0, 0.05) is 13.2 Å². The van der Waals surface area contributed by atoms with Crippen molar-refractivity contribution >= 4 is 0 Å². The van der Waals surface area contributed by atoms with Crippen molar-refractivity contribution in [1.29, 1.82) is 0 Å². The van der Waals surface area contributed by atoms with E-state index in [1.54, 1.807) is 0 Å².